The van der Waals surface area contributed by atoms with Crippen LogP contribution in [0.5, 0.6) is 0 Å². The normalized spacial score (nSPS) is 12.7. The Morgan fingerprint density at radius 1 is 0.362 bits per heavy atom. The van der Waals surface area contributed by atoms with Crippen molar-refractivity contribution < 1.29 is 28.6 Å². The highest BCUT2D eigenvalue weighted by atomic mass is 16.6. The van der Waals surface area contributed by atoms with E-state index < -0.39 is 6.10 Å². The standard InChI is InChI=1S/C52H88O6/c1-4-7-10-13-16-19-22-24-25-26-27-29-30-33-36-39-42-45-51(54)57-48-49(47-56-50(53)44-41-38-35-32-21-18-15-12-9-6-3)58-52(55)46-43-40-37-34-31-28-23-20-17-14-11-8-5-2/h7,10,16,19-20,23-25,27,29,33,36,49H,4-6,8-9,11-15,17-18,21-22,26,28,30-32,34-35,37-48H2,1-3H3/b10-7-,19-16-,23-20-,25-24-,29-27-,36-33-/t49-/m1/s1. The first-order chi connectivity index (χ1) is 28.5. The van der Waals surface area contributed by atoms with Crippen LogP contribution < -0.4 is 0 Å². The molecule has 0 fully saturated rings. The van der Waals surface area contributed by atoms with Crippen LogP contribution in [0.15, 0.2) is 72.9 Å². The number of carbonyl (C=O) groups is 3. The van der Waals surface area contributed by atoms with E-state index in [1.54, 1.807) is 0 Å². The van der Waals surface area contributed by atoms with Gasteiger partial charge in [0.25, 0.3) is 0 Å². The number of carbonyl (C=O) groups excluding carboxylic acids is 3. The highest BCUT2D eigenvalue weighted by molar-refractivity contribution is 5.71. The molecule has 0 unspecified atom stereocenters. The number of ether oxygens (including phenoxy) is 3. The Balaban J connectivity index is 4.47. The molecule has 0 bridgehead atoms. The van der Waals surface area contributed by atoms with Gasteiger partial charge in [0.05, 0.1) is 0 Å². The molecule has 0 N–H and O–H groups in total. The van der Waals surface area contributed by atoms with Crippen LogP contribution in [0.2, 0.25) is 0 Å². The molecule has 0 spiro atoms. The summed E-state index contributed by atoms with van der Waals surface area (Å²) < 4.78 is 16.7. The second-order valence-corrected chi connectivity index (χ2v) is 15.6. The number of rotatable bonds is 42. The number of unbranched alkanes of at least 4 members (excludes halogenated alkanes) is 19. The number of hydrogen-bond donors (Lipinski definition) is 0. The van der Waals surface area contributed by atoms with Crippen molar-refractivity contribution in [3.05, 3.63) is 72.9 Å². The van der Waals surface area contributed by atoms with E-state index in [-0.39, 0.29) is 37.5 Å². The summed E-state index contributed by atoms with van der Waals surface area (Å²) in [6.45, 7) is 6.43. The van der Waals surface area contributed by atoms with Gasteiger partial charge in [0.15, 0.2) is 6.10 Å². The lowest BCUT2D eigenvalue weighted by Gasteiger charge is -2.18. The molecule has 0 aliphatic rings. The van der Waals surface area contributed by atoms with Crippen molar-refractivity contribution in [2.24, 2.45) is 0 Å². The highest BCUT2D eigenvalue weighted by Gasteiger charge is 2.19. The topological polar surface area (TPSA) is 78.9 Å². The molecule has 332 valence electrons. The molecular formula is C52H88O6. The largest absolute Gasteiger partial charge is 0.462 e. The van der Waals surface area contributed by atoms with Crippen LogP contribution in [0, 0.1) is 0 Å². The second kappa shape index (κ2) is 46.5. The minimum absolute atomic E-state index is 0.0955. The predicted octanol–water partition coefficient (Wildman–Crippen LogP) is 15.5. The maximum Gasteiger partial charge on any atom is 0.306 e. The van der Waals surface area contributed by atoms with Crippen LogP contribution in [0.25, 0.3) is 0 Å². The Morgan fingerprint density at radius 2 is 0.690 bits per heavy atom. The minimum Gasteiger partial charge on any atom is -0.462 e. The Kier molecular flexibility index (Phi) is 44.0. The van der Waals surface area contributed by atoms with Gasteiger partial charge >= 0.3 is 17.9 Å². The molecule has 6 heteroatoms. The molecule has 1 atom stereocenters. The Bertz CT molecular complexity index is 1110. The molecule has 0 aromatic heterocycles. The molecule has 0 radical (unpaired) electrons. The Labute approximate surface area is 357 Å². The average Bonchev–Trinajstić information content (AvgIpc) is 3.22. The summed E-state index contributed by atoms with van der Waals surface area (Å²) in [5, 5.41) is 0. The van der Waals surface area contributed by atoms with Crippen LogP contribution in [-0.2, 0) is 28.6 Å². The summed E-state index contributed by atoms with van der Waals surface area (Å²) in [5.41, 5.74) is 0. The number of hydrogen-bond acceptors (Lipinski definition) is 6. The fourth-order valence-corrected chi connectivity index (χ4v) is 6.35. The van der Waals surface area contributed by atoms with Crippen LogP contribution in [-0.4, -0.2) is 37.2 Å². The van der Waals surface area contributed by atoms with Crippen molar-refractivity contribution in [1.29, 1.82) is 0 Å². The molecule has 6 nitrogen and oxygen atoms in total. The maximum atomic E-state index is 12.7. The lowest BCUT2D eigenvalue weighted by atomic mass is 10.1. The minimum atomic E-state index is -0.798. The smallest absolute Gasteiger partial charge is 0.306 e. The molecule has 0 aliphatic heterocycles. The zero-order valence-electron chi connectivity index (χ0n) is 37.8. The zero-order valence-corrected chi connectivity index (χ0v) is 37.8. The SMILES string of the molecule is CC/C=C\C/C=C\C/C=C\C/C=C\C/C=C\CCCC(=O)OC[C@@H](COC(=O)CCCCCCCCCCCC)OC(=O)CCCCCCC/C=C\CCCCCC. The van der Waals surface area contributed by atoms with Crippen LogP contribution in [0.1, 0.15) is 220 Å². The van der Waals surface area contributed by atoms with Gasteiger partial charge in [-0.1, -0.05) is 190 Å². The number of allylic oxidation sites excluding steroid dienone is 12. The summed E-state index contributed by atoms with van der Waals surface area (Å²) in [6.07, 6.45) is 57.4. The molecule has 0 amide bonds. The van der Waals surface area contributed by atoms with Gasteiger partial charge < -0.3 is 14.2 Å². The molecule has 0 aliphatic carbocycles. The van der Waals surface area contributed by atoms with Crippen molar-refractivity contribution in [2.75, 3.05) is 13.2 Å². The number of esters is 3. The van der Waals surface area contributed by atoms with Gasteiger partial charge in [-0.15, -0.1) is 0 Å². The molecule has 0 aromatic carbocycles. The molecule has 0 heterocycles. The first-order valence-electron chi connectivity index (χ1n) is 23.9. The van der Waals surface area contributed by atoms with Crippen molar-refractivity contribution in [3.8, 4) is 0 Å². The van der Waals surface area contributed by atoms with Crippen molar-refractivity contribution in [2.45, 2.75) is 226 Å². The monoisotopic (exact) mass is 809 g/mol. The van der Waals surface area contributed by atoms with Crippen molar-refractivity contribution in [1.82, 2.24) is 0 Å². The van der Waals surface area contributed by atoms with Gasteiger partial charge in [-0.05, 0) is 83.5 Å². The van der Waals surface area contributed by atoms with Crippen molar-refractivity contribution >= 4 is 17.9 Å². The van der Waals surface area contributed by atoms with Gasteiger partial charge in [-0.3, -0.25) is 14.4 Å². The molecule has 58 heavy (non-hydrogen) atoms. The Hall–Kier alpha value is -3.15. The van der Waals surface area contributed by atoms with Crippen LogP contribution in [0.3, 0.4) is 0 Å². The lowest BCUT2D eigenvalue weighted by Crippen LogP contribution is -2.30. The van der Waals surface area contributed by atoms with E-state index in [1.807, 2.05) is 0 Å². The van der Waals surface area contributed by atoms with Crippen LogP contribution in [0.4, 0.5) is 0 Å². The summed E-state index contributed by atoms with van der Waals surface area (Å²) >= 11 is 0. The third-order valence-corrected chi connectivity index (χ3v) is 9.95. The first kappa shape index (κ1) is 54.9. The maximum absolute atomic E-state index is 12.7. The molecule has 0 saturated carbocycles. The van der Waals surface area contributed by atoms with E-state index in [0.717, 1.165) is 89.9 Å². The van der Waals surface area contributed by atoms with E-state index >= 15 is 0 Å². The average molecular weight is 809 g/mol. The molecule has 0 aromatic rings. The molecule has 0 rings (SSSR count). The quantitative estimate of drug-likeness (QED) is 0.0264. The van der Waals surface area contributed by atoms with E-state index in [4.69, 9.17) is 14.2 Å². The fourth-order valence-electron chi connectivity index (χ4n) is 6.35. The third kappa shape index (κ3) is 44.0. The summed E-state index contributed by atoms with van der Waals surface area (Å²) in [6, 6.07) is 0. The second-order valence-electron chi connectivity index (χ2n) is 15.6. The fraction of sp³-hybridized carbons (Fsp3) is 0.712. The van der Waals surface area contributed by atoms with Crippen LogP contribution >= 0.6 is 0 Å². The summed E-state index contributed by atoms with van der Waals surface area (Å²) in [4.78, 5) is 37.8. The van der Waals surface area contributed by atoms with E-state index in [1.165, 1.54) is 83.5 Å². The zero-order chi connectivity index (χ0) is 42.3. The van der Waals surface area contributed by atoms with Gasteiger partial charge in [0.1, 0.15) is 13.2 Å². The lowest BCUT2D eigenvalue weighted by molar-refractivity contribution is -0.167. The van der Waals surface area contributed by atoms with Gasteiger partial charge in [-0.2, -0.15) is 0 Å². The first-order valence-corrected chi connectivity index (χ1v) is 23.9. The molecule has 0 saturated heterocycles. The van der Waals surface area contributed by atoms with E-state index in [9.17, 15) is 14.4 Å². The van der Waals surface area contributed by atoms with E-state index in [2.05, 4.69) is 93.7 Å². The van der Waals surface area contributed by atoms with E-state index in [0.29, 0.717) is 19.3 Å². The van der Waals surface area contributed by atoms with Gasteiger partial charge in [0.2, 0.25) is 0 Å². The Morgan fingerprint density at radius 3 is 1.16 bits per heavy atom. The summed E-state index contributed by atoms with van der Waals surface area (Å²) in [7, 11) is 0. The van der Waals surface area contributed by atoms with Gasteiger partial charge in [-0.25, -0.2) is 0 Å². The van der Waals surface area contributed by atoms with Crippen molar-refractivity contribution in [3.63, 3.8) is 0 Å². The predicted molar refractivity (Wildman–Crippen MR) is 247 cm³/mol. The third-order valence-electron chi connectivity index (χ3n) is 9.95. The summed E-state index contributed by atoms with van der Waals surface area (Å²) in [5.74, 6) is -0.969. The molecular weight excluding hydrogens is 721 g/mol. The highest BCUT2D eigenvalue weighted by Crippen LogP contribution is 2.13. The van der Waals surface area contributed by atoms with Gasteiger partial charge in [0, 0.05) is 19.3 Å².